The normalized spacial score (nSPS) is 17.5. The van der Waals surface area contributed by atoms with Gasteiger partial charge in [-0.25, -0.2) is 4.79 Å². The highest BCUT2D eigenvalue weighted by Gasteiger charge is 2.37. The number of amides is 1. The van der Waals surface area contributed by atoms with Gasteiger partial charge in [-0.3, -0.25) is 4.79 Å². The molecule has 15 heavy (non-hydrogen) atoms. The summed E-state index contributed by atoms with van der Waals surface area (Å²) < 4.78 is 0. The van der Waals surface area contributed by atoms with Gasteiger partial charge < -0.3 is 10.4 Å². The molecule has 0 radical (unpaired) electrons. The van der Waals surface area contributed by atoms with Crippen molar-refractivity contribution < 1.29 is 14.7 Å². The zero-order chi connectivity index (χ0) is 11.4. The number of thioether (sulfide) groups is 1. The van der Waals surface area contributed by atoms with Crippen molar-refractivity contribution in [3.63, 3.8) is 0 Å². The lowest BCUT2D eigenvalue weighted by molar-refractivity contribution is -0.142. The number of aliphatic carboxylic acids is 1. The van der Waals surface area contributed by atoms with E-state index in [2.05, 4.69) is 5.32 Å². The second kappa shape index (κ2) is 5.39. The first-order valence-electron chi connectivity index (χ1n) is 5.14. The first-order valence-corrected chi connectivity index (χ1v) is 6.19. The van der Waals surface area contributed by atoms with Crippen molar-refractivity contribution in [2.45, 2.75) is 38.0 Å². The van der Waals surface area contributed by atoms with Gasteiger partial charge in [0, 0.05) is 0 Å². The van der Waals surface area contributed by atoms with Gasteiger partial charge in [-0.15, -0.1) is 11.8 Å². The Kier molecular flexibility index (Phi) is 4.45. The molecule has 0 aromatic carbocycles. The Bertz CT molecular complexity index is 251. The Labute approximate surface area is 93.8 Å². The molecule has 1 amide bonds. The Morgan fingerprint density at radius 2 is 2.07 bits per heavy atom. The molecular formula is C10H17NO3S. The summed E-state index contributed by atoms with van der Waals surface area (Å²) in [6, 6.07) is -0.676. The highest BCUT2D eigenvalue weighted by atomic mass is 32.2. The second-order valence-corrected chi connectivity index (χ2v) is 5.65. The van der Waals surface area contributed by atoms with Crippen LogP contribution in [0.15, 0.2) is 0 Å². The van der Waals surface area contributed by atoms with Crippen molar-refractivity contribution in [3.8, 4) is 0 Å². The molecule has 0 heterocycles. The van der Waals surface area contributed by atoms with Gasteiger partial charge in [-0.05, 0) is 24.0 Å². The maximum atomic E-state index is 11.4. The molecule has 0 saturated heterocycles. The monoisotopic (exact) mass is 231 g/mol. The molecule has 0 bridgehead atoms. The predicted molar refractivity (Wildman–Crippen MR) is 59.9 cm³/mol. The van der Waals surface area contributed by atoms with Crippen molar-refractivity contribution in [2.24, 2.45) is 5.92 Å². The van der Waals surface area contributed by atoms with Crippen LogP contribution in [0.4, 0.5) is 0 Å². The molecule has 1 rings (SSSR count). The van der Waals surface area contributed by atoms with Crippen LogP contribution in [0.1, 0.15) is 26.7 Å². The molecule has 1 saturated carbocycles. The van der Waals surface area contributed by atoms with E-state index >= 15 is 0 Å². The summed E-state index contributed by atoms with van der Waals surface area (Å²) >= 11 is 1.52. The summed E-state index contributed by atoms with van der Waals surface area (Å²) in [5.41, 5.74) is 0. The van der Waals surface area contributed by atoms with E-state index in [0.717, 1.165) is 12.8 Å². The number of hydrogen-bond acceptors (Lipinski definition) is 3. The van der Waals surface area contributed by atoms with E-state index in [1.165, 1.54) is 11.8 Å². The summed E-state index contributed by atoms with van der Waals surface area (Å²) in [6.45, 7) is 4.01. The molecule has 1 atom stereocenters. The van der Waals surface area contributed by atoms with Crippen molar-refractivity contribution in [1.82, 2.24) is 5.32 Å². The predicted octanol–water partition coefficient (Wildman–Crippen LogP) is 1.11. The van der Waals surface area contributed by atoms with Crippen LogP contribution in [0, 0.1) is 5.92 Å². The molecule has 2 N–H and O–H groups in total. The maximum Gasteiger partial charge on any atom is 0.326 e. The molecule has 1 unspecified atom stereocenters. The topological polar surface area (TPSA) is 66.4 Å². The summed E-state index contributed by atoms with van der Waals surface area (Å²) in [6.07, 6.45) is 1.82. The minimum atomic E-state index is -0.916. The largest absolute Gasteiger partial charge is 0.480 e. The minimum absolute atomic E-state index is 0.149. The van der Waals surface area contributed by atoms with Gasteiger partial charge in [0.15, 0.2) is 0 Å². The quantitative estimate of drug-likeness (QED) is 0.718. The molecule has 1 fully saturated rings. The zero-order valence-corrected chi connectivity index (χ0v) is 9.84. The van der Waals surface area contributed by atoms with Gasteiger partial charge in [-0.1, -0.05) is 13.8 Å². The van der Waals surface area contributed by atoms with Crippen LogP contribution in [0.25, 0.3) is 0 Å². The lowest BCUT2D eigenvalue weighted by Gasteiger charge is -2.13. The van der Waals surface area contributed by atoms with Crippen LogP contribution in [-0.4, -0.2) is 34.0 Å². The van der Waals surface area contributed by atoms with Crippen LogP contribution >= 0.6 is 11.8 Å². The molecule has 5 heteroatoms. The average Bonchev–Trinajstić information content (AvgIpc) is 2.93. The van der Waals surface area contributed by atoms with Gasteiger partial charge in [0.05, 0.1) is 5.75 Å². The third-order valence-electron chi connectivity index (χ3n) is 2.22. The van der Waals surface area contributed by atoms with Crippen LogP contribution < -0.4 is 5.32 Å². The third kappa shape index (κ3) is 4.55. The Balaban J connectivity index is 2.31. The van der Waals surface area contributed by atoms with Crippen LogP contribution in [0.2, 0.25) is 0 Å². The van der Waals surface area contributed by atoms with E-state index < -0.39 is 12.0 Å². The molecule has 0 aliphatic heterocycles. The summed E-state index contributed by atoms with van der Waals surface area (Å²) in [4.78, 5) is 22.2. The summed E-state index contributed by atoms with van der Waals surface area (Å²) in [5.74, 6) is -0.599. The Hall–Kier alpha value is -0.710. The summed E-state index contributed by atoms with van der Waals surface area (Å²) in [7, 11) is 0. The van der Waals surface area contributed by atoms with Crippen molar-refractivity contribution in [3.05, 3.63) is 0 Å². The van der Waals surface area contributed by atoms with E-state index in [1.807, 2.05) is 13.8 Å². The van der Waals surface area contributed by atoms with E-state index in [0.29, 0.717) is 11.0 Å². The van der Waals surface area contributed by atoms with Crippen molar-refractivity contribution >= 4 is 23.6 Å². The molecule has 1 aliphatic rings. The van der Waals surface area contributed by atoms with E-state index in [-0.39, 0.29) is 11.8 Å². The summed E-state index contributed by atoms with van der Waals surface area (Å²) in [5, 5.41) is 11.9. The van der Waals surface area contributed by atoms with E-state index in [4.69, 9.17) is 5.11 Å². The van der Waals surface area contributed by atoms with Crippen LogP contribution in [0.5, 0.6) is 0 Å². The molecule has 86 valence electrons. The lowest BCUT2D eigenvalue weighted by atomic mass is 10.2. The van der Waals surface area contributed by atoms with Gasteiger partial charge in [0.1, 0.15) is 6.04 Å². The fourth-order valence-corrected chi connectivity index (χ4v) is 1.84. The number of carbonyl (C=O) groups is 2. The van der Waals surface area contributed by atoms with Crippen LogP contribution in [-0.2, 0) is 9.59 Å². The number of carboxylic acid groups (broad SMARTS) is 1. The number of carbonyl (C=O) groups excluding carboxylic acids is 1. The van der Waals surface area contributed by atoms with Gasteiger partial charge in [0.2, 0.25) is 5.91 Å². The van der Waals surface area contributed by atoms with E-state index in [1.54, 1.807) is 0 Å². The molecule has 4 nitrogen and oxygen atoms in total. The van der Waals surface area contributed by atoms with Crippen molar-refractivity contribution in [2.75, 3.05) is 5.75 Å². The fraction of sp³-hybridized carbons (Fsp3) is 0.800. The minimum Gasteiger partial charge on any atom is -0.480 e. The Morgan fingerprint density at radius 1 is 1.47 bits per heavy atom. The molecule has 0 aromatic heterocycles. The first-order chi connectivity index (χ1) is 7.00. The number of carboxylic acids is 1. The van der Waals surface area contributed by atoms with Crippen molar-refractivity contribution in [1.29, 1.82) is 0 Å². The first kappa shape index (κ1) is 12.4. The maximum absolute atomic E-state index is 11.4. The van der Waals surface area contributed by atoms with Gasteiger partial charge in [0.25, 0.3) is 0 Å². The average molecular weight is 231 g/mol. The SMILES string of the molecule is CC(C)SCC(=O)NC(C(=O)O)C1CC1. The Morgan fingerprint density at radius 3 is 2.47 bits per heavy atom. The van der Waals surface area contributed by atoms with Gasteiger partial charge >= 0.3 is 5.97 Å². The lowest BCUT2D eigenvalue weighted by Crippen LogP contribution is -2.43. The number of rotatable bonds is 6. The standard InChI is InChI=1S/C10H17NO3S/c1-6(2)15-5-8(12)11-9(10(13)14)7-3-4-7/h6-7,9H,3-5H2,1-2H3,(H,11,12)(H,13,14). The number of hydrogen-bond donors (Lipinski definition) is 2. The van der Waals surface area contributed by atoms with E-state index in [9.17, 15) is 9.59 Å². The highest BCUT2D eigenvalue weighted by Crippen LogP contribution is 2.32. The molecule has 0 aromatic rings. The zero-order valence-electron chi connectivity index (χ0n) is 9.03. The molecular weight excluding hydrogens is 214 g/mol. The molecule has 1 aliphatic carbocycles. The third-order valence-corrected chi connectivity index (χ3v) is 3.32. The smallest absolute Gasteiger partial charge is 0.326 e. The molecule has 0 spiro atoms. The van der Waals surface area contributed by atoms with Crippen LogP contribution in [0.3, 0.4) is 0 Å². The fourth-order valence-electron chi connectivity index (χ4n) is 1.27. The number of nitrogens with one attached hydrogen (secondary N) is 1. The second-order valence-electron chi connectivity index (χ2n) is 4.08. The van der Waals surface area contributed by atoms with Gasteiger partial charge in [-0.2, -0.15) is 0 Å². The highest BCUT2D eigenvalue weighted by molar-refractivity contribution is 8.00.